The normalized spacial score (nSPS) is 17.4. The standard InChI is InChI=1S/C21H32Cl2N2O2/c1-15(2)13-25(14-16-9-11-24-12-16)20(26)27-21(3,4)10-8-17-6-5-7-18(22)19(17)23/h5-7,15-16,24H,8-14H2,1-4H3/t16-/m1/s1. The van der Waals surface area contributed by atoms with Crippen molar-refractivity contribution in [3.8, 4) is 0 Å². The molecule has 0 saturated carbocycles. The van der Waals surface area contributed by atoms with E-state index in [4.69, 9.17) is 27.9 Å². The van der Waals surface area contributed by atoms with Crippen LogP contribution in [-0.4, -0.2) is 42.8 Å². The number of nitrogens with zero attached hydrogens (tertiary/aromatic N) is 1. The molecule has 0 radical (unpaired) electrons. The molecule has 1 aromatic carbocycles. The van der Waals surface area contributed by atoms with Crippen LogP contribution in [0.5, 0.6) is 0 Å². The summed E-state index contributed by atoms with van der Waals surface area (Å²) < 4.78 is 5.89. The number of amides is 1. The van der Waals surface area contributed by atoms with Gasteiger partial charge in [-0.1, -0.05) is 49.2 Å². The lowest BCUT2D eigenvalue weighted by Gasteiger charge is -2.32. The number of ether oxygens (including phenoxy) is 1. The molecular weight excluding hydrogens is 383 g/mol. The monoisotopic (exact) mass is 414 g/mol. The summed E-state index contributed by atoms with van der Waals surface area (Å²) in [5.74, 6) is 0.907. The van der Waals surface area contributed by atoms with Crippen LogP contribution in [0.25, 0.3) is 0 Å². The minimum Gasteiger partial charge on any atom is -0.443 e. The number of benzene rings is 1. The smallest absolute Gasteiger partial charge is 0.410 e. The van der Waals surface area contributed by atoms with Gasteiger partial charge in [-0.05, 0) is 69.7 Å². The summed E-state index contributed by atoms with van der Waals surface area (Å²) in [6, 6.07) is 5.63. The van der Waals surface area contributed by atoms with Crippen molar-refractivity contribution in [2.45, 2.75) is 52.6 Å². The molecule has 27 heavy (non-hydrogen) atoms. The molecule has 1 aliphatic rings. The summed E-state index contributed by atoms with van der Waals surface area (Å²) in [5, 5.41) is 4.50. The lowest BCUT2D eigenvalue weighted by atomic mass is 9.98. The number of hydrogen-bond donors (Lipinski definition) is 1. The van der Waals surface area contributed by atoms with E-state index < -0.39 is 5.60 Å². The van der Waals surface area contributed by atoms with E-state index >= 15 is 0 Å². The van der Waals surface area contributed by atoms with Crippen molar-refractivity contribution in [2.75, 3.05) is 26.2 Å². The summed E-state index contributed by atoms with van der Waals surface area (Å²) in [6.07, 6.45) is 2.27. The van der Waals surface area contributed by atoms with Gasteiger partial charge in [0, 0.05) is 13.1 Å². The van der Waals surface area contributed by atoms with Crippen LogP contribution in [0.1, 0.15) is 46.1 Å². The summed E-state index contributed by atoms with van der Waals surface area (Å²) in [4.78, 5) is 14.7. The number of halogens is 2. The van der Waals surface area contributed by atoms with Crippen LogP contribution in [0.4, 0.5) is 4.79 Å². The van der Waals surface area contributed by atoms with E-state index in [1.54, 1.807) is 6.07 Å². The Morgan fingerprint density at radius 1 is 1.37 bits per heavy atom. The Hall–Kier alpha value is -0.970. The number of aryl methyl sites for hydroxylation is 1. The first-order valence-corrected chi connectivity index (χ1v) is 10.5. The third kappa shape index (κ3) is 7.17. The van der Waals surface area contributed by atoms with Crippen molar-refractivity contribution in [3.05, 3.63) is 33.8 Å². The van der Waals surface area contributed by atoms with Gasteiger partial charge in [0.1, 0.15) is 5.60 Å². The molecule has 152 valence electrons. The number of rotatable bonds is 8. The van der Waals surface area contributed by atoms with Gasteiger partial charge in [0.25, 0.3) is 0 Å². The van der Waals surface area contributed by atoms with Crippen LogP contribution >= 0.6 is 23.2 Å². The zero-order valence-electron chi connectivity index (χ0n) is 16.9. The van der Waals surface area contributed by atoms with Crippen LogP contribution in [0.3, 0.4) is 0 Å². The first-order chi connectivity index (χ1) is 12.7. The average molecular weight is 415 g/mol. The third-order valence-corrected chi connectivity index (χ3v) is 5.73. The van der Waals surface area contributed by atoms with Gasteiger partial charge in [-0.15, -0.1) is 0 Å². The molecule has 1 N–H and O–H groups in total. The van der Waals surface area contributed by atoms with Gasteiger partial charge in [-0.2, -0.15) is 0 Å². The minimum atomic E-state index is -0.577. The minimum absolute atomic E-state index is 0.224. The van der Waals surface area contributed by atoms with E-state index in [9.17, 15) is 4.79 Å². The van der Waals surface area contributed by atoms with Crippen molar-refractivity contribution < 1.29 is 9.53 Å². The molecule has 1 aromatic rings. The third-order valence-electron chi connectivity index (χ3n) is 4.88. The van der Waals surface area contributed by atoms with Crippen LogP contribution in [0.2, 0.25) is 10.0 Å². The van der Waals surface area contributed by atoms with Gasteiger partial charge in [0.05, 0.1) is 10.0 Å². The van der Waals surface area contributed by atoms with Crippen molar-refractivity contribution in [2.24, 2.45) is 11.8 Å². The molecule has 0 aliphatic carbocycles. The summed E-state index contributed by atoms with van der Waals surface area (Å²) in [7, 11) is 0. The number of hydrogen-bond acceptors (Lipinski definition) is 3. The van der Waals surface area contributed by atoms with Crippen molar-refractivity contribution in [1.29, 1.82) is 0 Å². The highest BCUT2D eigenvalue weighted by Gasteiger charge is 2.29. The molecule has 0 bridgehead atoms. The largest absolute Gasteiger partial charge is 0.443 e. The molecule has 2 rings (SSSR count). The number of carbonyl (C=O) groups excluding carboxylic acids is 1. The first-order valence-electron chi connectivity index (χ1n) is 9.79. The van der Waals surface area contributed by atoms with Crippen molar-refractivity contribution in [1.82, 2.24) is 10.2 Å². The Bertz CT molecular complexity index is 629. The molecular formula is C21H32Cl2N2O2. The fraction of sp³-hybridized carbons (Fsp3) is 0.667. The molecule has 1 saturated heterocycles. The highest BCUT2D eigenvalue weighted by molar-refractivity contribution is 6.42. The van der Waals surface area contributed by atoms with E-state index in [2.05, 4.69) is 19.2 Å². The van der Waals surface area contributed by atoms with Crippen LogP contribution in [0, 0.1) is 11.8 Å². The van der Waals surface area contributed by atoms with E-state index in [1.165, 1.54) is 0 Å². The van der Waals surface area contributed by atoms with E-state index in [0.717, 1.165) is 31.6 Å². The Balaban J connectivity index is 1.95. The second-order valence-electron chi connectivity index (χ2n) is 8.50. The fourth-order valence-corrected chi connectivity index (χ4v) is 3.79. The van der Waals surface area contributed by atoms with E-state index in [0.29, 0.717) is 41.3 Å². The molecule has 0 unspecified atom stereocenters. The van der Waals surface area contributed by atoms with Crippen molar-refractivity contribution >= 4 is 29.3 Å². The molecule has 0 aromatic heterocycles. The Morgan fingerprint density at radius 2 is 2.11 bits per heavy atom. The molecule has 1 fully saturated rings. The van der Waals surface area contributed by atoms with Crippen molar-refractivity contribution in [3.63, 3.8) is 0 Å². The second kappa shape index (κ2) is 9.99. The van der Waals surface area contributed by atoms with Gasteiger partial charge in [0.2, 0.25) is 0 Å². The van der Waals surface area contributed by atoms with Gasteiger partial charge in [-0.25, -0.2) is 4.79 Å². The number of carbonyl (C=O) groups is 1. The second-order valence-corrected chi connectivity index (χ2v) is 9.28. The maximum Gasteiger partial charge on any atom is 0.410 e. The molecule has 1 heterocycles. The Morgan fingerprint density at radius 3 is 2.74 bits per heavy atom. The summed E-state index contributed by atoms with van der Waals surface area (Å²) >= 11 is 12.4. The summed E-state index contributed by atoms with van der Waals surface area (Å²) in [6.45, 7) is 11.6. The molecule has 4 nitrogen and oxygen atoms in total. The molecule has 1 atom stereocenters. The zero-order chi connectivity index (χ0) is 20.0. The average Bonchev–Trinajstić information content (AvgIpc) is 3.08. The quantitative estimate of drug-likeness (QED) is 0.617. The predicted molar refractivity (Wildman–Crippen MR) is 113 cm³/mol. The predicted octanol–water partition coefficient (Wildman–Crippen LogP) is 5.41. The van der Waals surface area contributed by atoms with Crippen LogP contribution in [-0.2, 0) is 11.2 Å². The Kier molecular flexibility index (Phi) is 8.26. The number of nitrogens with one attached hydrogen (secondary N) is 1. The maximum atomic E-state index is 12.9. The van der Waals surface area contributed by atoms with E-state index in [1.807, 2.05) is 30.9 Å². The fourth-order valence-electron chi connectivity index (χ4n) is 3.38. The highest BCUT2D eigenvalue weighted by Crippen LogP contribution is 2.29. The SMILES string of the molecule is CC(C)CN(C[C@@H]1CCNC1)C(=O)OC(C)(C)CCc1cccc(Cl)c1Cl. The van der Waals surface area contributed by atoms with E-state index in [-0.39, 0.29) is 6.09 Å². The molecule has 1 amide bonds. The first kappa shape index (κ1) is 22.3. The van der Waals surface area contributed by atoms with Crippen LogP contribution in [0.15, 0.2) is 18.2 Å². The lowest BCUT2D eigenvalue weighted by molar-refractivity contribution is 0.00469. The lowest BCUT2D eigenvalue weighted by Crippen LogP contribution is -2.42. The summed E-state index contributed by atoms with van der Waals surface area (Å²) in [5.41, 5.74) is 0.399. The molecule has 6 heteroatoms. The van der Waals surface area contributed by atoms with Gasteiger partial charge < -0.3 is 15.0 Å². The molecule has 0 spiro atoms. The van der Waals surface area contributed by atoms with Gasteiger partial charge >= 0.3 is 6.09 Å². The van der Waals surface area contributed by atoms with Gasteiger partial charge in [0.15, 0.2) is 0 Å². The van der Waals surface area contributed by atoms with Crippen LogP contribution < -0.4 is 5.32 Å². The van der Waals surface area contributed by atoms with Gasteiger partial charge in [-0.3, -0.25) is 0 Å². The topological polar surface area (TPSA) is 41.6 Å². The highest BCUT2D eigenvalue weighted by atomic mass is 35.5. The maximum absolute atomic E-state index is 12.9. The molecule has 1 aliphatic heterocycles. The Labute approximate surface area is 173 Å². The zero-order valence-corrected chi connectivity index (χ0v) is 18.4.